The lowest BCUT2D eigenvalue weighted by Crippen LogP contribution is -1.92. The van der Waals surface area contributed by atoms with Crippen LogP contribution in [0.2, 0.25) is 0 Å². The van der Waals surface area contributed by atoms with Crippen LogP contribution < -0.4 is 0 Å². The zero-order valence-electron chi connectivity index (χ0n) is 13.6. The molecule has 0 radical (unpaired) electrons. The van der Waals surface area contributed by atoms with Crippen LogP contribution in [0.15, 0.2) is 48.5 Å². The number of aryl methyl sites for hydroxylation is 2. The van der Waals surface area contributed by atoms with Gasteiger partial charge in [-0.2, -0.15) is 0 Å². The Morgan fingerprint density at radius 1 is 0.542 bits per heavy atom. The highest BCUT2D eigenvalue weighted by Gasteiger charge is 2.10. The summed E-state index contributed by atoms with van der Waals surface area (Å²) in [7, 11) is 0. The predicted octanol–water partition coefficient (Wildman–Crippen LogP) is 7.24. The summed E-state index contributed by atoms with van der Waals surface area (Å²) in [5.74, 6) is 0. The van der Waals surface area contributed by atoms with Crippen molar-refractivity contribution in [1.82, 2.24) is 0 Å². The van der Waals surface area contributed by atoms with Gasteiger partial charge in [-0.05, 0) is 69.1 Å². The number of halogens is 2. The van der Waals surface area contributed by atoms with Crippen LogP contribution in [0.4, 0.5) is 0 Å². The van der Waals surface area contributed by atoms with Gasteiger partial charge in [-0.25, -0.2) is 0 Å². The van der Waals surface area contributed by atoms with Gasteiger partial charge in [-0.3, -0.25) is 0 Å². The normalized spacial score (nSPS) is 11.9. The SMILES string of the molecule is BrCCCc1cc2ccc3cc(CCCBr)cc4ccc(c1)c2c34. The maximum atomic E-state index is 3.54. The maximum Gasteiger partial charge on any atom is 0.00344 e. The zero-order chi connectivity index (χ0) is 16.5. The molecule has 0 atom stereocenters. The number of alkyl halides is 2. The first-order valence-corrected chi connectivity index (χ1v) is 10.9. The van der Waals surface area contributed by atoms with Crippen molar-refractivity contribution < 1.29 is 0 Å². The van der Waals surface area contributed by atoms with E-state index in [0.717, 1.165) is 23.5 Å². The molecule has 4 aromatic carbocycles. The molecule has 0 fully saturated rings. The van der Waals surface area contributed by atoms with Crippen LogP contribution in [-0.4, -0.2) is 10.7 Å². The molecule has 0 aliphatic heterocycles. The van der Waals surface area contributed by atoms with Crippen molar-refractivity contribution in [1.29, 1.82) is 0 Å². The lowest BCUT2D eigenvalue weighted by Gasteiger charge is -2.14. The van der Waals surface area contributed by atoms with Crippen molar-refractivity contribution in [3.8, 4) is 0 Å². The first kappa shape index (κ1) is 16.4. The van der Waals surface area contributed by atoms with Crippen LogP contribution in [0.3, 0.4) is 0 Å². The second-order valence-electron chi connectivity index (χ2n) is 6.55. The van der Waals surface area contributed by atoms with Gasteiger partial charge >= 0.3 is 0 Å². The van der Waals surface area contributed by atoms with E-state index in [1.54, 1.807) is 0 Å². The molecule has 24 heavy (non-hydrogen) atoms. The molecule has 0 unspecified atom stereocenters. The molecule has 0 N–H and O–H groups in total. The zero-order valence-corrected chi connectivity index (χ0v) is 16.8. The topological polar surface area (TPSA) is 0 Å². The Labute approximate surface area is 159 Å². The van der Waals surface area contributed by atoms with E-state index in [-0.39, 0.29) is 0 Å². The Morgan fingerprint density at radius 2 is 0.875 bits per heavy atom. The summed E-state index contributed by atoms with van der Waals surface area (Å²) >= 11 is 7.08. The van der Waals surface area contributed by atoms with Crippen LogP contribution in [0.5, 0.6) is 0 Å². The highest BCUT2D eigenvalue weighted by Crippen LogP contribution is 2.36. The quantitative estimate of drug-likeness (QED) is 0.217. The largest absolute Gasteiger partial charge is 0.0928 e. The minimum Gasteiger partial charge on any atom is -0.0928 e. The Kier molecular flexibility index (Phi) is 4.78. The van der Waals surface area contributed by atoms with E-state index in [1.807, 2.05) is 0 Å². The molecule has 0 aliphatic rings. The summed E-state index contributed by atoms with van der Waals surface area (Å²) in [5, 5.41) is 10.5. The molecule has 4 rings (SSSR count). The molecule has 122 valence electrons. The van der Waals surface area contributed by atoms with Crippen LogP contribution in [0.25, 0.3) is 32.3 Å². The molecular formula is C22H20Br2. The van der Waals surface area contributed by atoms with E-state index in [0.29, 0.717) is 0 Å². The smallest absolute Gasteiger partial charge is 0.00344 e. The summed E-state index contributed by atoms with van der Waals surface area (Å²) in [6.45, 7) is 0. The molecule has 0 saturated heterocycles. The molecule has 0 spiro atoms. The minimum absolute atomic E-state index is 1.06. The Hall–Kier alpha value is -1.12. The molecule has 0 nitrogen and oxygen atoms in total. The summed E-state index contributed by atoms with van der Waals surface area (Å²) in [6, 6.07) is 18.7. The average molecular weight is 444 g/mol. The van der Waals surface area contributed by atoms with Gasteiger partial charge in [0.2, 0.25) is 0 Å². The first-order valence-electron chi connectivity index (χ1n) is 8.62. The second kappa shape index (κ2) is 7.01. The van der Waals surface area contributed by atoms with Gasteiger partial charge in [0.05, 0.1) is 0 Å². The van der Waals surface area contributed by atoms with Crippen LogP contribution >= 0.6 is 31.9 Å². The van der Waals surface area contributed by atoms with Crippen LogP contribution in [-0.2, 0) is 12.8 Å². The molecule has 4 aromatic rings. The van der Waals surface area contributed by atoms with Gasteiger partial charge in [0.15, 0.2) is 0 Å². The fraction of sp³-hybridized carbons (Fsp3) is 0.273. The van der Waals surface area contributed by atoms with Gasteiger partial charge in [0.25, 0.3) is 0 Å². The van der Waals surface area contributed by atoms with Crippen molar-refractivity contribution in [3.05, 3.63) is 59.7 Å². The molecule has 0 heterocycles. The molecule has 0 amide bonds. The Morgan fingerprint density at radius 3 is 1.17 bits per heavy atom. The van der Waals surface area contributed by atoms with Crippen LogP contribution in [0.1, 0.15) is 24.0 Å². The van der Waals surface area contributed by atoms with Gasteiger partial charge in [-0.1, -0.05) is 80.4 Å². The van der Waals surface area contributed by atoms with Crippen molar-refractivity contribution in [2.75, 3.05) is 10.7 Å². The fourth-order valence-electron chi connectivity index (χ4n) is 3.80. The number of benzene rings is 4. The molecule has 0 saturated carbocycles. The second-order valence-corrected chi connectivity index (χ2v) is 8.14. The molecule has 2 heteroatoms. The van der Waals surface area contributed by atoms with E-state index < -0.39 is 0 Å². The van der Waals surface area contributed by atoms with Crippen molar-refractivity contribution in [2.24, 2.45) is 0 Å². The number of rotatable bonds is 6. The van der Waals surface area contributed by atoms with E-state index in [9.17, 15) is 0 Å². The molecule has 0 aromatic heterocycles. The van der Waals surface area contributed by atoms with Gasteiger partial charge in [0.1, 0.15) is 0 Å². The van der Waals surface area contributed by atoms with Gasteiger partial charge < -0.3 is 0 Å². The van der Waals surface area contributed by atoms with E-state index >= 15 is 0 Å². The molecular weight excluding hydrogens is 424 g/mol. The lowest BCUT2D eigenvalue weighted by atomic mass is 9.90. The molecule has 0 aliphatic carbocycles. The predicted molar refractivity (Wildman–Crippen MR) is 114 cm³/mol. The average Bonchev–Trinajstić information content (AvgIpc) is 2.62. The van der Waals surface area contributed by atoms with Crippen LogP contribution in [0, 0.1) is 0 Å². The summed E-state index contributed by atoms with van der Waals surface area (Å²) in [6.07, 6.45) is 4.64. The fourth-order valence-corrected chi connectivity index (χ4v) is 4.36. The highest BCUT2D eigenvalue weighted by molar-refractivity contribution is 9.09. The first-order chi connectivity index (χ1) is 11.8. The Balaban J connectivity index is 1.92. The maximum absolute atomic E-state index is 3.54. The highest BCUT2D eigenvalue weighted by atomic mass is 79.9. The minimum atomic E-state index is 1.06. The van der Waals surface area contributed by atoms with E-state index in [4.69, 9.17) is 0 Å². The van der Waals surface area contributed by atoms with Crippen molar-refractivity contribution in [3.63, 3.8) is 0 Å². The van der Waals surface area contributed by atoms with Crippen molar-refractivity contribution >= 4 is 64.2 Å². The van der Waals surface area contributed by atoms with E-state index in [2.05, 4.69) is 80.4 Å². The summed E-state index contributed by atoms with van der Waals surface area (Å²) in [5.41, 5.74) is 2.89. The number of hydrogen-bond acceptors (Lipinski definition) is 0. The van der Waals surface area contributed by atoms with Gasteiger partial charge in [-0.15, -0.1) is 0 Å². The molecule has 0 bridgehead atoms. The third-order valence-electron chi connectivity index (χ3n) is 4.85. The third kappa shape index (κ3) is 2.95. The monoisotopic (exact) mass is 442 g/mol. The lowest BCUT2D eigenvalue weighted by molar-refractivity contribution is 0.942. The third-order valence-corrected chi connectivity index (χ3v) is 5.97. The standard InChI is InChI=1S/C22H20Br2/c23-9-1-3-15-11-17-5-7-19-13-16(4-2-10-24)14-20-8-6-18(12-15)21(17)22(19)20/h5-8,11-14H,1-4,9-10H2. The van der Waals surface area contributed by atoms with E-state index in [1.165, 1.54) is 56.3 Å². The van der Waals surface area contributed by atoms with Gasteiger partial charge in [0, 0.05) is 10.7 Å². The summed E-state index contributed by atoms with van der Waals surface area (Å²) < 4.78 is 0. The summed E-state index contributed by atoms with van der Waals surface area (Å²) in [4.78, 5) is 0. The van der Waals surface area contributed by atoms with Crippen molar-refractivity contribution in [2.45, 2.75) is 25.7 Å². The Bertz CT molecular complexity index is 840. The number of hydrogen-bond donors (Lipinski definition) is 0.